The van der Waals surface area contributed by atoms with E-state index in [0.717, 1.165) is 12.0 Å². The van der Waals surface area contributed by atoms with Crippen molar-refractivity contribution in [3.63, 3.8) is 0 Å². The average Bonchev–Trinajstić information content (AvgIpc) is 2.58. The minimum Gasteiger partial charge on any atom is -0.494 e. The van der Waals surface area contributed by atoms with Crippen LogP contribution in [-0.4, -0.2) is 37.6 Å². The second-order valence-corrected chi connectivity index (χ2v) is 5.17. The third-order valence-corrected chi connectivity index (χ3v) is 3.60. The zero-order valence-electron chi connectivity index (χ0n) is 13.6. The highest BCUT2D eigenvalue weighted by molar-refractivity contribution is 5.94. The Balaban J connectivity index is 0.00000288. The molecule has 2 aromatic carbocycles. The van der Waals surface area contributed by atoms with Gasteiger partial charge in [0, 0.05) is 25.2 Å². The number of rotatable bonds is 7. The first-order chi connectivity index (χ1) is 11.2. The van der Waals surface area contributed by atoms with E-state index in [-0.39, 0.29) is 24.1 Å². The first kappa shape index (κ1) is 19.9. The molecule has 6 heteroatoms. The van der Waals surface area contributed by atoms with Gasteiger partial charge in [0.15, 0.2) is 11.6 Å². The Bertz CT molecular complexity index is 653. The SMILES string of the molecule is COc1ccc(C(=O)N(CCN)CCc2ccccc2)cc1F.Cl. The molecular formula is C18H22ClFN2O2. The number of carbonyl (C=O) groups excluding carboxylic acids is 1. The van der Waals surface area contributed by atoms with E-state index < -0.39 is 5.82 Å². The highest BCUT2D eigenvalue weighted by Gasteiger charge is 2.17. The molecule has 0 saturated carbocycles. The van der Waals surface area contributed by atoms with Gasteiger partial charge in [-0.25, -0.2) is 4.39 Å². The molecular weight excluding hydrogens is 331 g/mol. The van der Waals surface area contributed by atoms with Gasteiger partial charge in [-0.15, -0.1) is 12.4 Å². The van der Waals surface area contributed by atoms with Gasteiger partial charge in [-0.05, 0) is 30.2 Å². The highest BCUT2D eigenvalue weighted by atomic mass is 35.5. The molecule has 0 saturated heterocycles. The van der Waals surface area contributed by atoms with Crippen molar-refractivity contribution in [2.45, 2.75) is 6.42 Å². The number of halogens is 2. The normalized spacial score (nSPS) is 9.96. The number of hydrogen-bond donors (Lipinski definition) is 1. The Hall–Kier alpha value is -2.11. The lowest BCUT2D eigenvalue weighted by Crippen LogP contribution is -2.37. The molecule has 24 heavy (non-hydrogen) atoms. The van der Waals surface area contributed by atoms with E-state index in [1.54, 1.807) is 11.0 Å². The molecule has 0 aliphatic rings. The van der Waals surface area contributed by atoms with Crippen LogP contribution in [0, 0.1) is 5.82 Å². The summed E-state index contributed by atoms with van der Waals surface area (Å²) in [6.07, 6.45) is 0.727. The van der Waals surface area contributed by atoms with E-state index in [0.29, 0.717) is 25.2 Å². The molecule has 0 aliphatic heterocycles. The van der Waals surface area contributed by atoms with Crippen LogP contribution in [0.25, 0.3) is 0 Å². The zero-order valence-corrected chi connectivity index (χ0v) is 14.4. The van der Waals surface area contributed by atoms with Crippen LogP contribution in [0.5, 0.6) is 5.75 Å². The summed E-state index contributed by atoms with van der Waals surface area (Å²) in [7, 11) is 1.39. The summed E-state index contributed by atoms with van der Waals surface area (Å²) >= 11 is 0. The van der Waals surface area contributed by atoms with Crippen LogP contribution in [0.3, 0.4) is 0 Å². The predicted molar refractivity (Wildman–Crippen MR) is 95.3 cm³/mol. The second kappa shape index (κ2) is 9.90. The zero-order chi connectivity index (χ0) is 16.7. The van der Waals surface area contributed by atoms with E-state index in [4.69, 9.17) is 10.5 Å². The van der Waals surface area contributed by atoms with Crippen LogP contribution in [0.1, 0.15) is 15.9 Å². The van der Waals surface area contributed by atoms with Gasteiger partial charge in [0.1, 0.15) is 0 Å². The molecule has 0 heterocycles. The van der Waals surface area contributed by atoms with Crippen molar-refractivity contribution in [1.82, 2.24) is 4.90 Å². The van der Waals surface area contributed by atoms with Crippen molar-refractivity contribution in [2.75, 3.05) is 26.7 Å². The molecule has 0 atom stereocenters. The Morgan fingerprint density at radius 1 is 1.17 bits per heavy atom. The second-order valence-electron chi connectivity index (χ2n) is 5.17. The first-order valence-corrected chi connectivity index (χ1v) is 7.52. The molecule has 0 fully saturated rings. The molecule has 4 nitrogen and oxygen atoms in total. The number of methoxy groups -OCH3 is 1. The van der Waals surface area contributed by atoms with Gasteiger partial charge in [0.2, 0.25) is 0 Å². The van der Waals surface area contributed by atoms with Crippen LogP contribution >= 0.6 is 12.4 Å². The number of amides is 1. The Morgan fingerprint density at radius 3 is 2.46 bits per heavy atom. The summed E-state index contributed by atoms with van der Waals surface area (Å²) < 4.78 is 18.7. The molecule has 0 radical (unpaired) electrons. The summed E-state index contributed by atoms with van der Waals surface area (Å²) in [4.78, 5) is 14.2. The van der Waals surface area contributed by atoms with E-state index in [9.17, 15) is 9.18 Å². The molecule has 0 bridgehead atoms. The minimum absolute atomic E-state index is 0. The van der Waals surface area contributed by atoms with Gasteiger partial charge < -0.3 is 15.4 Å². The molecule has 0 aromatic heterocycles. The number of hydrogen-bond acceptors (Lipinski definition) is 3. The van der Waals surface area contributed by atoms with Gasteiger partial charge in [-0.3, -0.25) is 4.79 Å². The topological polar surface area (TPSA) is 55.6 Å². The molecule has 2 aromatic rings. The van der Waals surface area contributed by atoms with E-state index in [1.807, 2.05) is 30.3 Å². The van der Waals surface area contributed by atoms with E-state index in [2.05, 4.69) is 0 Å². The van der Waals surface area contributed by atoms with Gasteiger partial charge in [0.25, 0.3) is 5.91 Å². The average molecular weight is 353 g/mol. The quantitative estimate of drug-likeness (QED) is 0.833. The Labute approximate surface area is 147 Å². The van der Waals surface area contributed by atoms with Crippen LogP contribution in [0.2, 0.25) is 0 Å². The molecule has 2 N–H and O–H groups in total. The third kappa shape index (κ3) is 5.22. The van der Waals surface area contributed by atoms with Crippen LogP contribution in [0.4, 0.5) is 4.39 Å². The smallest absolute Gasteiger partial charge is 0.254 e. The standard InChI is InChI=1S/C18H21FN2O2.ClH/c1-23-17-8-7-15(13-16(17)19)18(22)21(12-10-20)11-9-14-5-3-2-4-6-14;/h2-8,13H,9-12,20H2,1H3;1H. The van der Waals surface area contributed by atoms with E-state index >= 15 is 0 Å². The van der Waals surface area contributed by atoms with Crippen LogP contribution in [-0.2, 0) is 6.42 Å². The summed E-state index contributed by atoms with van der Waals surface area (Å²) in [5.74, 6) is -0.654. The monoisotopic (exact) mass is 352 g/mol. The minimum atomic E-state index is -0.547. The number of ether oxygens (including phenoxy) is 1. The molecule has 0 aliphatic carbocycles. The van der Waals surface area contributed by atoms with Crippen LogP contribution in [0.15, 0.2) is 48.5 Å². The Kier molecular flexibility index (Phi) is 8.22. The van der Waals surface area contributed by atoms with Gasteiger partial charge in [-0.1, -0.05) is 30.3 Å². The third-order valence-electron chi connectivity index (χ3n) is 3.60. The van der Waals surface area contributed by atoms with E-state index in [1.165, 1.54) is 19.2 Å². The Morgan fingerprint density at radius 2 is 1.88 bits per heavy atom. The van der Waals surface area contributed by atoms with Gasteiger partial charge >= 0.3 is 0 Å². The molecule has 1 amide bonds. The summed E-state index contributed by atoms with van der Waals surface area (Å²) in [5.41, 5.74) is 7.04. The summed E-state index contributed by atoms with van der Waals surface area (Å²) in [6, 6.07) is 14.1. The van der Waals surface area contributed by atoms with Crippen molar-refractivity contribution in [2.24, 2.45) is 5.73 Å². The number of nitrogens with zero attached hydrogens (tertiary/aromatic N) is 1. The maximum Gasteiger partial charge on any atom is 0.254 e. The van der Waals surface area contributed by atoms with Gasteiger partial charge in [0.05, 0.1) is 7.11 Å². The lowest BCUT2D eigenvalue weighted by molar-refractivity contribution is 0.0761. The largest absolute Gasteiger partial charge is 0.494 e. The predicted octanol–water partition coefficient (Wildman–Crippen LogP) is 2.90. The van der Waals surface area contributed by atoms with Gasteiger partial charge in [-0.2, -0.15) is 0 Å². The highest BCUT2D eigenvalue weighted by Crippen LogP contribution is 2.19. The fraction of sp³-hybridized carbons (Fsp3) is 0.278. The molecule has 0 unspecified atom stereocenters. The number of benzene rings is 2. The first-order valence-electron chi connectivity index (χ1n) is 7.52. The van der Waals surface area contributed by atoms with Crippen molar-refractivity contribution in [3.8, 4) is 5.75 Å². The van der Waals surface area contributed by atoms with Crippen molar-refractivity contribution in [1.29, 1.82) is 0 Å². The maximum atomic E-state index is 13.8. The lowest BCUT2D eigenvalue weighted by Gasteiger charge is -2.22. The number of carbonyl (C=O) groups is 1. The molecule has 0 spiro atoms. The molecule has 2 rings (SSSR count). The van der Waals surface area contributed by atoms with Crippen LogP contribution < -0.4 is 10.5 Å². The summed E-state index contributed by atoms with van der Waals surface area (Å²) in [5, 5.41) is 0. The fourth-order valence-corrected chi connectivity index (χ4v) is 2.36. The molecule has 130 valence electrons. The maximum absolute atomic E-state index is 13.8. The fourth-order valence-electron chi connectivity index (χ4n) is 2.36. The van der Waals surface area contributed by atoms with Crippen molar-refractivity contribution < 1.29 is 13.9 Å². The summed E-state index contributed by atoms with van der Waals surface area (Å²) in [6.45, 7) is 1.33. The van der Waals surface area contributed by atoms with Crippen molar-refractivity contribution >= 4 is 18.3 Å². The van der Waals surface area contributed by atoms with Crippen molar-refractivity contribution in [3.05, 3.63) is 65.5 Å². The number of nitrogens with two attached hydrogens (primary N) is 1. The lowest BCUT2D eigenvalue weighted by atomic mass is 10.1.